The van der Waals surface area contributed by atoms with Crippen LogP contribution < -0.4 is 4.72 Å². The van der Waals surface area contributed by atoms with E-state index in [1.54, 1.807) is 41.5 Å². The van der Waals surface area contributed by atoms with Crippen LogP contribution >= 0.6 is 11.8 Å². The monoisotopic (exact) mass is 401 g/mol. The fourth-order valence-electron chi connectivity index (χ4n) is 1.93. The van der Waals surface area contributed by atoms with Gasteiger partial charge in [-0.25, -0.2) is 13.3 Å². The number of nitrogens with one attached hydrogen (secondary N) is 1. The van der Waals surface area contributed by atoms with Crippen molar-refractivity contribution in [3.63, 3.8) is 0 Å². The molecule has 0 heterocycles. The summed E-state index contributed by atoms with van der Waals surface area (Å²) in [6.07, 6.45) is 0. The molecular formula is C17H24FN3O3S2. The highest BCUT2D eigenvalue weighted by Gasteiger charge is 2.37. The molecule has 0 unspecified atom stereocenters. The van der Waals surface area contributed by atoms with Crippen molar-refractivity contribution >= 4 is 28.4 Å². The molecule has 144 valence electrons. The average Bonchev–Trinajstić information content (AvgIpc) is 2.52. The highest BCUT2D eigenvalue weighted by atomic mass is 32.2. The van der Waals surface area contributed by atoms with Gasteiger partial charge in [0.05, 0.1) is 37.0 Å². The number of nitro groups is 1. The molecule has 0 bridgehead atoms. The minimum absolute atomic E-state index is 0.0468. The first kappa shape index (κ1) is 22.5. The van der Waals surface area contributed by atoms with Crippen LogP contribution in [-0.2, 0) is 16.5 Å². The molecule has 0 aliphatic rings. The van der Waals surface area contributed by atoms with Crippen molar-refractivity contribution in [2.45, 2.75) is 56.6 Å². The molecule has 0 aromatic heterocycles. The Morgan fingerprint density at radius 1 is 1.31 bits per heavy atom. The van der Waals surface area contributed by atoms with E-state index in [0.29, 0.717) is 0 Å². The van der Waals surface area contributed by atoms with Crippen LogP contribution in [0.1, 0.15) is 47.1 Å². The van der Waals surface area contributed by atoms with Crippen LogP contribution in [0.4, 0.5) is 10.1 Å². The van der Waals surface area contributed by atoms with E-state index in [9.17, 15) is 24.0 Å². The van der Waals surface area contributed by atoms with Crippen molar-refractivity contribution in [1.29, 1.82) is 5.26 Å². The molecule has 1 aromatic rings. The normalized spacial score (nSPS) is 15.8. The number of rotatable bonds is 7. The number of hydrogen-bond acceptors (Lipinski definition) is 5. The van der Waals surface area contributed by atoms with Gasteiger partial charge in [0.1, 0.15) is 5.82 Å². The summed E-state index contributed by atoms with van der Waals surface area (Å²) in [6.45, 7) is 10.4. The highest BCUT2D eigenvalue weighted by molar-refractivity contribution is 8.00. The molecule has 2 atom stereocenters. The summed E-state index contributed by atoms with van der Waals surface area (Å²) < 4.78 is 28.8. The highest BCUT2D eigenvalue weighted by Crippen LogP contribution is 2.35. The van der Waals surface area contributed by atoms with Crippen LogP contribution in [0.3, 0.4) is 0 Å². The van der Waals surface area contributed by atoms with E-state index in [2.05, 4.69) is 10.8 Å². The van der Waals surface area contributed by atoms with Crippen molar-refractivity contribution in [3.05, 3.63) is 39.7 Å². The molecule has 0 fully saturated rings. The lowest BCUT2D eigenvalue weighted by atomic mass is 9.94. The number of halogens is 1. The summed E-state index contributed by atoms with van der Waals surface area (Å²) in [6, 6.07) is 5.43. The van der Waals surface area contributed by atoms with Crippen molar-refractivity contribution in [2.75, 3.05) is 5.75 Å². The first-order valence-corrected chi connectivity index (χ1v) is 10.0. The van der Waals surface area contributed by atoms with Crippen molar-refractivity contribution in [2.24, 2.45) is 0 Å². The average molecular weight is 402 g/mol. The maximum atomic E-state index is 14.5. The van der Waals surface area contributed by atoms with Crippen LogP contribution in [0.2, 0.25) is 0 Å². The second-order valence-corrected chi connectivity index (χ2v) is 11.2. The standard InChI is InChI=1S/C17H24FN3O3S2/c1-15(2,3)26(24)20-17(6,11-25-16(4,5)10-19)13-9-12(21(22)23)7-8-14(13)18/h7-9,20H,11H2,1-6H3/t17-,26-/m0/s1. The molecule has 1 rings (SSSR count). The van der Waals surface area contributed by atoms with Crippen molar-refractivity contribution in [3.8, 4) is 6.07 Å². The number of thioether (sulfide) groups is 1. The van der Waals surface area contributed by atoms with Crippen LogP contribution in [0.5, 0.6) is 0 Å². The third kappa shape index (κ3) is 5.76. The minimum Gasteiger partial charge on any atom is -0.258 e. The maximum absolute atomic E-state index is 14.5. The number of nitro benzene ring substituents is 1. The minimum atomic E-state index is -1.55. The summed E-state index contributed by atoms with van der Waals surface area (Å²) >= 11 is 1.26. The maximum Gasteiger partial charge on any atom is 0.269 e. The molecule has 0 aliphatic carbocycles. The van der Waals surface area contributed by atoms with Crippen LogP contribution in [-0.4, -0.2) is 24.4 Å². The van der Waals surface area contributed by atoms with Crippen LogP contribution in [0.25, 0.3) is 0 Å². The number of nitrogens with zero attached hydrogens (tertiary/aromatic N) is 2. The predicted molar refractivity (Wildman–Crippen MR) is 104 cm³/mol. The molecule has 0 spiro atoms. The molecule has 0 amide bonds. The summed E-state index contributed by atoms with van der Waals surface area (Å²) in [5, 5.41) is 20.3. The van der Waals surface area contributed by atoms with Gasteiger partial charge in [-0.3, -0.25) is 10.1 Å². The Bertz CT molecular complexity index is 757. The lowest BCUT2D eigenvalue weighted by Gasteiger charge is -2.35. The molecule has 26 heavy (non-hydrogen) atoms. The van der Waals surface area contributed by atoms with Gasteiger partial charge >= 0.3 is 0 Å². The summed E-state index contributed by atoms with van der Waals surface area (Å²) in [5.41, 5.74) is -1.38. The lowest BCUT2D eigenvalue weighted by Crippen LogP contribution is -2.48. The zero-order valence-electron chi connectivity index (χ0n) is 15.8. The van der Waals surface area contributed by atoms with Gasteiger partial charge in [-0.1, -0.05) is 0 Å². The topological polar surface area (TPSA) is 96.0 Å². The molecule has 1 N–H and O–H groups in total. The molecule has 0 saturated heterocycles. The van der Waals surface area contributed by atoms with Crippen LogP contribution in [0.15, 0.2) is 18.2 Å². The Labute approximate surface area is 160 Å². The van der Waals surface area contributed by atoms with E-state index in [-0.39, 0.29) is 17.0 Å². The largest absolute Gasteiger partial charge is 0.269 e. The zero-order valence-corrected chi connectivity index (χ0v) is 17.4. The van der Waals surface area contributed by atoms with E-state index in [1.165, 1.54) is 11.8 Å². The molecule has 6 nitrogen and oxygen atoms in total. The van der Waals surface area contributed by atoms with E-state index in [4.69, 9.17) is 0 Å². The summed E-state index contributed by atoms with van der Waals surface area (Å²) in [4.78, 5) is 10.5. The Balaban J connectivity index is 3.40. The Morgan fingerprint density at radius 3 is 2.35 bits per heavy atom. The van der Waals surface area contributed by atoms with Gasteiger partial charge in [0, 0.05) is 23.4 Å². The van der Waals surface area contributed by atoms with Crippen LogP contribution in [0, 0.1) is 27.3 Å². The molecule has 9 heteroatoms. The Hall–Kier alpha value is -1.50. The Kier molecular flexibility index (Phi) is 6.96. The fourth-order valence-corrected chi connectivity index (χ4v) is 3.86. The van der Waals surface area contributed by atoms with E-state index >= 15 is 0 Å². The molecule has 0 saturated carbocycles. The first-order chi connectivity index (χ1) is 11.7. The van der Waals surface area contributed by atoms with Gasteiger partial charge in [-0.05, 0) is 47.6 Å². The van der Waals surface area contributed by atoms with Gasteiger partial charge in [-0.2, -0.15) is 5.26 Å². The zero-order chi connectivity index (χ0) is 20.3. The fraction of sp³-hybridized carbons (Fsp3) is 0.588. The SMILES string of the molecule is CC(C)(C#N)SC[C@](C)(N[S@@](=O)C(C)(C)C)c1cc([N+](=O)[O-])ccc1F. The second-order valence-electron chi connectivity index (χ2n) is 7.65. The molecule has 0 radical (unpaired) electrons. The number of non-ortho nitro benzene ring substituents is 1. The Morgan fingerprint density at radius 2 is 1.88 bits per heavy atom. The molecule has 0 aliphatic heterocycles. The van der Waals surface area contributed by atoms with Gasteiger partial charge in [-0.15, -0.1) is 11.8 Å². The second kappa shape index (κ2) is 8.03. The van der Waals surface area contributed by atoms with Gasteiger partial charge < -0.3 is 0 Å². The third-order valence-corrected chi connectivity index (χ3v) is 6.90. The summed E-state index contributed by atoms with van der Waals surface area (Å²) in [7, 11) is -1.55. The van der Waals surface area contributed by atoms with E-state index < -0.39 is 36.8 Å². The van der Waals surface area contributed by atoms with Crippen molar-refractivity contribution < 1.29 is 13.5 Å². The smallest absolute Gasteiger partial charge is 0.258 e. The predicted octanol–water partition coefficient (Wildman–Crippen LogP) is 4.04. The first-order valence-electron chi connectivity index (χ1n) is 7.91. The number of benzene rings is 1. The van der Waals surface area contributed by atoms with E-state index in [1.807, 2.05) is 0 Å². The molecular weight excluding hydrogens is 377 g/mol. The number of hydrogen-bond donors (Lipinski definition) is 1. The van der Waals surface area contributed by atoms with Crippen molar-refractivity contribution in [1.82, 2.24) is 4.72 Å². The quantitative estimate of drug-likeness (QED) is 0.549. The third-order valence-electron chi connectivity index (χ3n) is 3.62. The van der Waals surface area contributed by atoms with Gasteiger partial charge in [0.2, 0.25) is 0 Å². The lowest BCUT2D eigenvalue weighted by molar-refractivity contribution is -0.385. The number of nitriles is 1. The van der Waals surface area contributed by atoms with E-state index in [0.717, 1.165) is 18.2 Å². The molecule has 1 aromatic carbocycles. The van der Waals surface area contributed by atoms with Gasteiger partial charge in [0.15, 0.2) is 0 Å². The van der Waals surface area contributed by atoms with Gasteiger partial charge in [0.25, 0.3) is 5.69 Å². The summed E-state index contributed by atoms with van der Waals surface area (Å²) in [5.74, 6) is -0.431.